The second kappa shape index (κ2) is 7.65. The minimum Gasteiger partial charge on any atom is -0.351 e. The number of halogens is 3. The summed E-state index contributed by atoms with van der Waals surface area (Å²) in [5.41, 5.74) is 1.27. The molecule has 9 nitrogen and oxygen atoms in total. The number of likely N-dealkylation sites (N-methyl/N-ethyl adjacent to an activating group) is 1. The van der Waals surface area contributed by atoms with Gasteiger partial charge in [-0.25, -0.2) is 4.98 Å². The maximum atomic E-state index is 12.6. The second-order valence-electron chi connectivity index (χ2n) is 8.51. The zero-order valence-corrected chi connectivity index (χ0v) is 17.6. The predicted octanol–water partition coefficient (Wildman–Crippen LogP) is 3.03. The van der Waals surface area contributed by atoms with Gasteiger partial charge >= 0.3 is 6.18 Å². The maximum absolute atomic E-state index is 12.6. The topological polar surface area (TPSA) is 109 Å². The van der Waals surface area contributed by atoms with Gasteiger partial charge < -0.3 is 20.1 Å². The van der Waals surface area contributed by atoms with Crippen LogP contribution in [0.2, 0.25) is 0 Å². The van der Waals surface area contributed by atoms with Crippen LogP contribution in [0.15, 0.2) is 4.52 Å². The summed E-state index contributed by atoms with van der Waals surface area (Å²) in [5.74, 6) is 0.0509. The van der Waals surface area contributed by atoms with Gasteiger partial charge in [0.1, 0.15) is 11.7 Å². The van der Waals surface area contributed by atoms with Crippen LogP contribution in [-0.2, 0) is 17.4 Å². The molecule has 1 aliphatic carbocycles. The molecule has 168 valence electrons. The number of anilines is 3. The highest BCUT2D eigenvalue weighted by molar-refractivity contribution is 6.03. The smallest absolute Gasteiger partial charge is 0.351 e. The van der Waals surface area contributed by atoms with Crippen molar-refractivity contribution in [2.45, 2.75) is 58.3 Å². The maximum Gasteiger partial charge on any atom is 0.455 e. The predicted molar refractivity (Wildman–Crippen MR) is 106 cm³/mol. The van der Waals surface area contributed by atoms with Crippen molar-refractivity contribution in [2.24, 2.45) is 11.8 Å². The summed E-state index contributed by atoms with van der Waals surface area (Å²) in [5, 5.41) is 9.18. The number of nitrogens with one attached hydrogen (secondary N) is 2. The molecule has 12 heteroatoms. The summed E-state index contributed by atoms with van der Waals surface area (Å²) in [4.78, 5) is 26.8. The number of fused-ring (bicyclic) bond motifs is 1. The molecule has 0 aromatic carbocycles. The minimum atomic E-state index is -4.60. The van der Waals surface area contributed by atoms with Gasteiger partial charge in [0.25, 0.3) is 5.82 Å². The van der Waals surface area contributed by atoms with Crippen molar-refractivity contribution < 1.29 is 22.5 Å². The van der Waals surface area contributed by atoms with Crippen LogP contribution in [0.1, 0.15) is 44.1 Å². The van der Waals surface area contributed by atoms with E-state index in [1.54, 1.807) is 0 Å². The van der Waals surface area contributed by atoms with Gasteiger partial charge in [0.05, 0.1) is 5.69 Å². The molecular formula is C19H24F3N7O2. The Morgan fingerprint density at radius 1 is 1.26 bits per heavy atom. The van der Waals surface area contributed by atoms with Gasteiger partial charge in [-0.05, 0) is 31.6 Å². The van der Waals surface area contributed by atoms with Crippen molar-refractivity contribution in [1.29, 1.82) is 0 Å². The molecule has 0 radical (unpaired) electrons. The van der Waals surface area contributed by atoms with E-state index in [-0.39, 0.29) is 35.7 Å². The summed E-state index contributed by atoms with van der Waals surface area (Å²) in [7, 11) is 1.84. The van der Waals surface area contributed by atoms with Gasteiger partial charge in [-0.2, -0.15) is 23.1 Å². The van der Waals surface area contributed by atoms with E-state index in [9.17, 15) is 18.0 Å². The molecule has 2 aromatic rings. The fraction of sp³-hybridized carbons (Fsp3) is 0.632. The first-order chi connectivity index (χ1) is 14.5. The lowest BCUT2D eigenvalue weighted by atomic mass is 9.78. The Morgan fingerprint density at radius 2 is 1.97 bits per heavy atom. The third-order valence-corrected chi connectivity index (χ3v) is 5.72. The van der Waals surface area contributed by atoms with E-state index in [0.717, 1.165) is 12.8 Å². The van der Waals surface area contributed by atoms with Crippen LogP contribution < -0.4 is 15.5 Å². The van der Waals surface area contributed by atoms with Crippen LogP contribution in [0.4, 0.5) is 30.6 Å². The molecule has 0 spiro atoms. The van der Waals surface area contributed by atoms with Crippen LogP contribution in [0.5, 0.6) is 0 Å². The summed E-state index contributed by atoms with van der Waals surface area (Å²) in [6.45, 7) is 5.77. The highest BCUT2D eigenvalue weighted by atomic mass is 19.4. The fourth-order valence-electron chi connectivity index (χ4n) is 4.18. The monoisotopic (exact) mass is 439 g/mol. The largest absolute Gasteiger partial charge is 0.455 e. The number of aryl methyl sites for hydroxylation is 1. The van der Waals surface area contributed by atoms with E-state index in [1.165, 1.54) is 0 Å². The van der Waals surface area contributed by atoms with Gasteiger partial charge in [-0.1, -0.05) is 19.0 Å². The van der Waals surface area contributed by atoms with Crippen molar-refractivity contribution in [3.8, 4) is 0 Å². The number of amides is 1. The van der Waals surface area contributed by atoms with E-state index in [0.29, 0.717) is 29.6 Å². The highest BCUT2D eigenvalue weighted by Gasteiger charge is 2.39. The van der Waals surface area contributed by atoms with Crippen molar-refractivity contribution >= 4 is 23.4 Å². The van der Waals surface area contributed by atoms with Gasteiger partial charge in [0.15, 0.2) is 5.82 Å². The number of hydrogen-bond donors (Lipinski definition) is 2. The molecule has 0 bridgehead atoms. The molecule has 2 aromatic heterocycles. The van der Waals surface area contributed by atoms with E-state index in [2.05, 4.69) is 30.7 Å². The molecule has 3 heterocycles. The normalized spacial score (nSPS) is 23.4. The third kappa shape index (κ3) is 4.15. The lowest BCUT2D eigenvalue weighted by molar-refractivity contribution is -0.146. The number of carbonyl (C=O) groups is 1. The summed E-state index contributed by atoms with van der Waals surface area (Å²) in [6.07, 6.45) is -2.85. The van der Waals surface area contributed by atoms with Gasteiger partial charge in [-0.3, -0.25) is 4.79 Å². The molecule has 4 rings (SSSR count). The summed E-state index contributed by atoms with van der Waals surface area (Å²) >= 11 is 0. The zero-order chi connectivity index (χ0) is 22.5. The molecule has 2 N–H and O–H groups in total. The Hall–Kier alpha value is -2.92. The number of carbonyl (C=O) groups excluding carboxylic acids is 1. The van der Waals surface area contributed by atoms with E-state index in [4.69, 9.17) is 4.52 Å². The van der Waals surface area contributed by atoms with E-state index < -0.39 is 12.0 Å². The fourth-order valence-corrected chi connectivity index (χ4v) is 4.18. The average molecular weight is 439 g/mol. The number of aromatic nitrogens is 4. The molecule has 1 fully saturated rings. The Kier molecular flexibility index (Phi) is 5.26. The van der Waals surface area contributed by atoms with Gasteiger partial charge in [0.2, 0.25) is 17.7 Å². The van der Waals surface area contributed by atoms with Crippen LogP contribution >= 0.6 is 0 Å². The molecule has 0 saturated heterocycles. The van der Waals surface area contributed by atoms with Crippen LogP contribution in [-0.4, -0.2) is 45.1 Å². The lowest BCUT2D eigenvalue weighted by Gasteiger charge is -2.38. The average Bonchev–Trinajstić information content (AvgIpc) is 3.10. The first-order valence-electron chi connectivity index (χ1n) is 10.1. The van der Waals surface area contributed by atoms with Crippen molar-refractivity contribution in [1.82, 2.24) is 20.1 Å². The Labute approximate surface area is 176 Å². The van der Waals surface area contributed by atoms with Gasteiger partial charge in [-0.15, -0.1) is 0 Å². The quantitative estimate of drug-likeness (QED) is 0.732. The molecule has 1 saturated carbocycles. The van der Waals surface area contributed by atoms with Crippen molar-refractivity contribution in [3.05, 3.63) is 17.4 Å². The molecule has 0 unspecified atom stereocenters. The second-order valence-corrected chi connectivity index (χ2v) is 8.51. The van der Waals surface area contributed by atoms with E-state index >= 15 is 0 Å². The number of alkyl halides is 3. The number of rotatable bonds is 5. The Morgan fingerprint density at radius 3 is 2.58 bits per heavy atom. The molecule has 2 aliphatic rings. The van der Waals surface area contributed by atoms with Crippen LogP contribution in [0.3, 0.4) is 0 Å². The van der Waals surface area contributed by atoms with Crippen molar-refractivity contribution in [3.63, 3.8) is 0 Å². The Balaban J connectivity index is 1.39. The first kappa shape index (κ1) is 21.3. The number of nitrogens with zero attached hydrogens (tertiary/aromatic N) is 5. The van der Waals surface area contributed by atoms with Gasteiger partial charge in [0, 0.05) is 19.5 Å². The zero-order valence-electron chi connectivity index (χ0n) is 17.6. The lowest BCUT2D eigenvalue weighted by Crippen LogP contribution is -2.50. The molecule has 31 heavy (non-hydrogen) atoms. The van der Waals surface area contributed by atoms with E-state index in [1.807, 2.05) is 32.7 Å². The molecule has 1 atom stereocenters. The number of hydrogen-bond acceptors (Lipinski definition) is 8. The SMILES string of the molecule is Cc1nc(NC2CC(Cc3nc(C(F)(F)F)no3)C2)nc2c1NC(=O)[C@@H](C(C)C)N2C. The van der Waals surface area contributed by atoms with Crippen molar-refractivity contribution in [2.75, 3.05) is 22.6 Å². The van der Waals surface area contributed by atoms with Crippen LogP contribution in [0.25, 0.3) is 0 Å². The summed E-state index contributed by atoms with van der Waals surface area (Å²) in [6, 6.07) is -0.226. The summed E-state index contributed by atoms with van der Waals surface area (Å²) < 4.78 is 42.4. The van der Waals surface area contributed by atoms with Crippen LogP contribution in [0, 0.1) is 18.8 Å². The minimum absolute atomic E-state index is 0.00579. The molecule has 1 amide bonds. The standard InChI is InChI=1S/C19H24F3N7O2/c1-8(2)14-16(30)26-13-9(3)23-18(27-15(13)29(14)4)24-11-5-10(6-11)7-12-25-17(28-31-12)19(20,21)22/h8,10-11,14H,5-7H2,1-4H3,(H,26,30)(H,23,24,27)/t10?,11?,14-/m1/s1. The molecule has 1 aliphatic heterocycles. The molecular weight excluding hydrogens is 415 g/mol. The Bertz CT molecular complexity index is 985. The highest BCUT2D eigenvalue weighted by Crippen LogP contribution is 2.36. The first-order valence-corrected chi connectivity index (χ1v) is 10.1. The third-order valence-electron chi connectivity index (χ3n) is 5.72.